The first-order valence-corrected chi connectivity index (χ1v) is 12.4. The lowest BCUT2D eigenvalue weighted by atomic mass is 9.90. The second kappa shape index (κ2) is 10.8. The van der Waals surface area contributed by atoms with Crippen LogP contribution in [0, 0.1) is 13.8 Å². The third-order valence-corrected chi connectivity index (χ3v) is 7.21. The summed E-state index contributed by atoms with van der Waals surface area (Å²) < 4.78 is 10.5. The van der Waals surface area contributed by atoms with Crippen LogP contribution in [0.2, 0.25) is 0 Å². The lowest BCUT2D eigenvalue weighted by molar-refractivity contribution is -0.136. The number of esters is 1. The zero-order chi connectivity index (χ0) is 24.2. The van der Waals surface area contributed by atoms with Gasteiger partial charge in [0.2, 0.25) is 5.91 Å². The molecule has 182 valence electrons. The molecular weight excluding hydrogens is 452 g/mol. The van der Waals surface area contributed by atoms with Crippen LogP contribution in [0.1, 0.15) is 36.1 Å². The number of aryl methyl sites for hydroxylation is 2. The molecule has 1 N–H and O–H groups in total. The summed E-state index contributed by atoms with van der Waals surface area (Å²) in [4.78, 5) is 34.7. The summed E-state index contributed by atoms with van der Waals surface area (Å²) in [7, 11) is 1.39. The molecule has 9 heteroatoms. The van der Waals surface area contributed by atoms with E-state index in [0.29, 0.717) is 17.8 Å². The van der Waals surface area contributed by atoms with Gasteiger partial charge in [-0.15, -0.1) is 0 Å². The van der Waals surface area contributed by atoms with Crippen molar-refractivity contribution in [3.8, 4) is 0 Å². The van der Waals surface area contributed by atoms with Crippen molar-refractivity contribution in [3.05, 3.63) is 57.3 Å². The average Bonchev–Trinajstić information content (AvgIpc) is 3.20. The van der Waals surface area contributed by atoms with Gasteiger partial charge >= 0.3 is 5.97 Å². The maximum absolute atomic E-state index is 12.9. The highest BCUT2D eigenvalue weighted by Crippen LogP contribution is 2.45. The van der Waals surface area contributed by atoms with E-state index in [4.69, 9.17) is 9.47 Å². The Balaban J connectivity index is 1.54. The number of amidine groups is 1. The molecule has 1 atom stereocenters. The van der Waals surface area contributed by atoms with Crippen molar-refractivity contribution in [2.45, 2.75) is 33.2 Å². The van der Waals surface area contributed by atoms with Gasteiger partial charge in [0.15, 0.2) is 5.17 Å². The Hall–Kier alpha value is -2.62. The summed E-state index contributed by atoms with van der Waals surface area (Å²) in [6, 6.07) is 5.80. The second-order valence-corrected chi connectivity index (χ2v) is 9.56. The fourth-order valence-electron chi connectivity index (χ4n) is 4.57. The maximum atomic E-state index is 12.9. The van der Waals surface area contributed by atoms with Gasteiger partial charge in [0.25, 0.3) is 0 Å². The molecule has 0 radical (unpaired) electrons. The zero-order valence-electron chi connectivity index (χ0n) is 20.2. The van der Waals surface area contributed by atoms with Crippen LogP contribution in [0.25, 0.3) is 0 Å². The Kier molecular flexibility index (Phi) is 7.75. The molecule has 4 rings (SSSR count). The number of carbonyl (C=O) groups is 2. The van der Waals surface area contributed by atoms with Crippen molar-refractivity contribution in [3.63, 3.8) is 0 Å². The highest BCUT2D eigenvalue weighted by atomic mass is 32.2. The Morgan fingerprint density at radius 3 is 2.71 bits per heavy atom. The summed E-state index contributed by atoms with van der Waals surface area (Å²) >= 11 is 1.48. The Bertz CT molecular complexity index is 1060. The molecule has 0 aromatic heterocycles. The number of morpholine rings is 1. The van der Waals surface area contributed by atoms with E-state index in [1.165, 1.54) is 18.9 Å². The number of nitrogens with zero attached hydrogens (tertiary/aromatic N) is 3. The third-order valence-electron chi connectivity index (χ3n) is 6.32. The highest BCUT2D eigenvalue weighted by Gasteiger charge is 2.41. The molecule has 3 aliphatic rings. The number of fused-ring (bicyclic) bond motifs is 1. The number of hydrogen-bond donors (Lipinski definition) is 1. The fraction of sp³-hybridized carbons (Fsp3) is 0.480. The maximum Gasteiger partial charge on any atom is 0.338 e. The molecule has 0 spiro atoms. The zero-order valence-corrected chi connectivity index (χ0v) is 21.0. The van der Waals surface area contributed by atoms with Crippen molar-refractivity contribution in [2.24, 2.45) is 4.99 Å². The lowest BCUT2D eigenvalue weighted by Gasteiger charge is -2.37. The van der Waals surface area contributed by atoms with E-state index < -0.39 is 12.0 Å². The largest absolute Gasteiger partial charge is 0.466 e. The molecule has 1 amide bonds. The fourth-order valence-corrected chi connectivity index (χ4v) is 5.54. The van der Waals surface area contributed by atoms with Gasteiger partial charge in [0.1, 0.15) is 0 Å². The summed E-state index contributed by atoms with van der Waals surface area (Å²) in [5.41, 5.74) is 5.19. The van der Waals surface area contributed by atoms with Gasteiger partial charge in [-0.05, 0) is 37.3 Å². The van der Waals surface area contributed by atoms with Gasteiger partial charge in [0, 0.05) is 31.9 Å². The number of allylic oxidation sites excluding steroid dienone is 1. The number of hydrogen-bond acceptors (Lipinski definition) is 8. The molecule has 3 aliphatic heterocycles. The van der Waals surface area contributed by atoms with Gasteiger partial charge in [-0.3, -0.25) is 9.69 Å². The van der Waals surface area contributed by atoms with Gasteiger partial charge in [-0.25, -0.2) is 9.79 Å². The number of amides is 1. The molecule has 8 nitrogen and oxygen atoms in total. The van der Waals surface area contributed by atoms with Crippen LogP contribution in [-0.2, 0) is 19.1 Å². The van der Waals surface area contributed by atoms with Gasteiger partial charge in [-0.1, -0.05) is 35.5 Å². The monoisotopic (exact) mass is 484 g/mol. The van der Waals surface area contributed by atoms with Crippen LogP contribution >= 0.6 is 11.8 Å². The predicted molar refractivity (Wildman–Crippen MR) is 133 cm³/mol. The Labute approximate surface area is 205 Å². The third kappa shape index (κ3) is 5.21. The normalized spacial score (nSPS) is 20.6. The van der Waals surface area contributed by atoms with E-state index >= 15 is 0 Å². The van der Waals surface area contributed by atoms with Crippen molar-refractivity contribution in [2.75, 3.05) is 46.5 Å². The molecule has 3 heterocycles. The minimum atomic E-state index is -0.406. The van der Waals surface area contributed by atoms with Crippen molar-refractivity contribution in [1.82, 2.24) is 15.1 Å². The Morgan fingerprint density at radius 1 is 1.24 bits per heavy atom. The lowest BCUT2D eigenvalue weighted by Crippen LogP contribution is -2.42. The van der Waals surface area contributed by atoms with Crippen LogP contribution in [0.5, 0.6) is 0 Å². The number of thioether (sulfide) groups is 1. The second-order valence-electron chi connectivity index (χ2n) is 8.73. The summed E-state index contributed by atoms with van der Waals surface area (Å²) in [6.45, 7) is 10.6. The molecule has 1 saturated heterocycles. The first-order valence-electron chi connectivity index (χ1n) is 11.6. The van der Waals surface area contributed by atoms with Crippen LogP contribution in [0.4, 0.5) is 0 Å². The highest BCUT2D eigenvalue weighted by molar-refractivity contribution is 8.16. The van der Waals surface area contributed by atoms with Crippen molar-refractivity contribution in [1.29, 1.82) is 0 Å². The van der Waals surface area contributed by atoms with Crippen molar-refractivity contribution >= 4 is 28.8 Å². The molecule has 0 bridgehead atoms. The van der Waals surface area contributed by atoms with Crippen LogP contribution < -0.4 is 5.32 Å². The molecule has 1 aromatic carbocycles. The van der Waals surface area contributed by atoms with E-state index in [2.05, 4.69) is 27.3 Å². The average molecular weight is 485 g/mol. The molecule has 0 saturated carbocycles. The molecule has 1 fully saturated rings. The van der Waals surface area contributed by atoms with E-state index in [1.54, 1.807) is 0 Å². The quantitative estimate of drug-likeness (QED) is 0.596. The molecule has 0 aliphatic carbocycles. The van der Waals surface area contributed by atoms with E-state index in [1.807, 2.05) is 37.1 Å². The number of carbonyl (C=O) groups excluding carboxylic acids is 2. The number of aliphatic imine (C=N–C) groups is 1. The first kappa shape index (κ1) is 24.5. The number of rotatable bonds is 7. The summed E-state index contributed by atoms with van der Waals surface area (Å²) in [5.74, 6) is -0.455. The van der Waals surface area contributed by atoms with E-state index in [0.717, 1.165) is 60.4 Å². The topological polar surface area (TPSA) is 83.5 Å². The summed E-state index contributed by atoms with van der Waals surface area (Å²) in [5, 5.41) is 5.77. The Morgan fingerprint density at radius 2 is 2.00 bits per heavy atom. The number of methoxy groups -OCH3 is 1. The smallest absolute Gasteiger partial charge is 0.338 e. The van der Waals surface area contributed by atoms with Crippen LogP contribution in [0.15, 0.2) is 45.6 Å². The first-order chi connectivity index (χ1) is 16.4. The molecule has 34 heavy (non-hydrogen) atoms. The minimum Gasteiger partial charge on any atom is -0.466 e. The number of benzene rings is 1. The number of ether oxygens (including phenoxy) is 2. The predicted octanol–water partition coefficient (Wildman–Crippen LogP) is 2.89. The van der Waals surface area contributed by atoms with Crippen LogP contribution in [0.3, 0.4) is 0 Å². The minimum absolute atomic E-state index is 0.0494. The van der Waals surface area contributed by atoms with Crippen molar-refractivity contribution < 1.29 is 19.1 Å². The number of nitrogens with one attached hydrogen (secondary N) is 1. The van der Waals surface area contributed by atoms with Gasteiger partial charge in [-0.2, -0.15) is 0 Å². The van der Waals surface area contributed by atoms with E-state index in [-0.39, 0.29) is 12.3 Å². The molecular formula is C25H32N4O4S. The SMILES string of the molecule is COC(=O)C1=C(C)N=C2SC=C(CC(=O)NCCN3CCOCC3)N2[C@H]1c1ccc(C)cc1C. The molecule has 0 unspecified atom stereocenters. The van der Waals surface area contributed by atoms with Gasteiger partial charge < -0.3 is 19.7 Å². The van der Waals surface area contributed by atoms with Gasteiger partial charge in [0.05, 0.1) is 44.1 Å². The molecule has 1 aromatic rings. The standard InChI is InChI=1S/C25H32N4O4S/c1-16-5-6-20(17(2)13-16)23-22(24(31)32-4)18(3)27-25-29(23)19(15-34-25)14-21(30)26-7-8-28-9-11-33-12-10-28/h5-6,13,15,23H,7-12,14H2,1-4H3,(H,26,30)/t23-/m0/s1. The van der Waals surface area contributed by atoms with Crippen LogP contribution in [-0.4, -0.2) is 73.3 Å². The summed E-state index contributed by atoms with van der Waals surface area (Å²) in [6.07, 6.45) is 0.212. The van der Waals surface area contributed by atoms with E-state index in [9.17, 15) is 9.59 Å².